The van der Waals surface area contributed by atoms with Crippen molar-refractivity contribution in [1.29, 1.82) is 5.26 Å². The summed E-state index contributed by atoms with van der Waals surface area (Å²) in [5.41, 5.74) is 7.68. The number of ether oxygens (including phenoxy) is 1. The molecule has 2 unspecified atom stereocenters. The Morgan fingerprint density at radius 2 is 2.53 bits per heavy atom. The Kier molecular flexibility index (Phi) is 5.78. The van der Waals surface area contributed by atoms with Crippen molar-refractivity contribution in [1.82, 2.24) is 5.32 Å². The molecule has 2 atom stereocenters. The molecule has 6 nitrogen and oxygen atoms in total. The van der Waals surface area contributed by atoms with Gasteiger partial charge in [-0.15, -0.1) is 0 Å². The third-order valence-electron chi connectivity index (χ3n) is 3.21. The van der Waals surface area contributed by atoms with Crippen LogP contribution in [0.15, 0.2) is 5.11 Å². The molecular weight excluding hydrogens is 218 g/mol. The van der Waals surface area contributed by atoms with E-state index in [-0.39, 0.29) is 6.10 Å². The number of methoxy groups -OCH3 is 1. The van der Waals surface area contributed by atoms with Gasteiger partial charge in [0.15, 0.2) is 0 Å². The minimum Gasteiger partial charge on any atom is -0.381 e. The van der Waals surface area contributed by atoms with Crippen molar-refractivity contribution in [3.8, 4) is 6.07 Å². The van der Waals surface area contributed by atoms with E-state index in [0.717, 1.165) is 32.1 Å². The number of nitriles is 1. The predicted octanol–water partition coefficient (Wildman–Crippen LogP) is 2.13. The summed E-state index contributed by atoms with van der Waals surface area (Å²) in [5, 5.41) is 16.1. The smallest absolute Gasteiger partial charge is 0.109 e. The number of azide groups is 1. The SMILES string of the molecule is COC1CCCC(C#N)(NCCCN=[N+]=[N-])C1. The topological polar surface area (TPSA) is 93.8 Å². The molecule has 17 heavy (non-hydrogen) atoms. The fourth-order valence-electron chi connectivity index (χ4n) is 2.25. The molecule has 0 radical (unpaired) electrons. The Balaban J connectivity index is 2.40. The molecule has 0 aromatic rings. The van der Waals surface area contributed by atoms with E-state index in [1.165, 1.54) is 0 Å². The van der Waals surface area contributed by atoms with Gasteiger partial charge in [-0.05, 0) is 37.8 Å². The van der Waals surface area contributed by atoms with E-state index in [4.69, 9.17) is 10.3 Å². The highest BCUT2D eigenvalue weighted by atomic mass is 16.5. The van der Waals surface area contributed by atoms with E-state index in [1.54, 1.807) is 7.11 Å². The number of rotatable bonds is 6. The van der Waals surface area contributed by atoms with Gasteiger partial charge in [-0.1, -0.05) is 5.11 Å². The van der Waals surface area contributed by atoms with E-state index in [1.807, 2.05) is 0 Å². The summed E-state index contributed by atoms with van der Waals surface area (Å²) in [7, 11) is 1.69. The molecule has 0 bridgehead atoms. The van der Waals surface area contributed by atoms with Crippen LogP contribution < -0.4 is 5.32 Å². The third-order valence-corrected chi connectivity index (χ3v) is 3.21. The summed E-state index contributed by atoms with van der Waals surface area (Å²) in [5.74, 6) is 0. The average Bonchev–Trinajstić information content (AvgIpc) is 2.39. The molecule has 0 spiro atoms. The lowest BCUT2D eigenvalue weighted by atomic mass is 9.81. The maximum absolute atomic E-state index is 9.31. The van der Waals surface area contributed by atoms with Gasteiger partial charge in [-0.3, -0.25) is 5.32 Å². The molecule has 0 heterocycles. The Hall–Kier alpha value is -1.28. The fourth-order valence-corrected chi connectivity index (χ4v) is 2.25. The van der Waals surface area contributed by atoms with E-state index >= 15 is 0 Å². The zero-order valence-corrected chi connectivity index (χ0v) is 10.2. The van der Waals surface area contributed by atoms with Gasteiger partial charge in [0.2, 0.25) is 0 Å². The lowest BCUT2D eigenvalue weighted by Gasteiger charge is -2.35. The summed E-state index contributed by atoms with van der Waals surface area (Å²) < 4.78 is 5.34. The molecule has 0 amide bonds. The Morgan fingerprint density at radius 1 is 1.71 bits per heavy atom. The molecule has 6 heteroatoms. The maximum Gasteiger partial charge on any atom is 0.109 e. The molecule has 1 fully saturated rings. The monoisotopic (exact) mass is 237 g/mol. The summed E-state index contributed by atoms with van der Waals surface area (Å²) >= 11 is 0. The van der Waals surface area contributed by atoms with Gasteiger partial charge in [0, 0.05) is 25.0 Å². The molecule has 1 aliphatic carbocycles. The largest absolute Gasteiger partial charge is 0.381 e. The maximum atomic E-state index is 9.31. The van der Waals surface area contributed by atoms with Gasteiger partial charge < -0.3 is 4.74 Å². The standard InChI is InChI=1S/C11H19N5O/c1-17-10-4-2-5-11(8-10,9-12)14-6-3-7-15-16-13/h10,14H,2-8H2,1H3. The van der Waals surface area contributed by atoms with Gasteiger partial charge in [0.25, 0.3) is 0 Å². The van der Waals surface area contributed by atoms with E-state index in [0.29, 0.717) is 13.1 Å². The highest BCUT2D eigenvalue weighted by molar-refractivity contribution is 5.10. The summed E-state index contributed by atoms with van der Waals surface area (Å²) in [4.78, 5) is 2.70. The molecule has 1 saturated carbocycles. The van der Waals surface area contributed by atoms with Crippen LogP contribution in [0.25, 0.3) is 10.4 Å². The quantitative estimate of drug-likeness (QED) is 0.332. The summed E-state index contributed by atoms with van der Waals surface area (Å²) in [6.45, 7) is 1.17. The highest BCUT2D eigenvalue weighted by Gasteiger charge is 2.35. The van der Waals surface area contributed by atoms with Crippen molar-refractivity contribution in [2.45, 2.75) is 43.7 Å². The van der Waals surface area contributed by atoms with E-state index < -0.39 is 5.54 Å². The second-order valence-corrected chi connectivity index (χ2v) is 4.38. The molecule has 0 saturated heterocycles. The normalized spacial score (nSPS) is 28.1. The van der Waals surface area contributed by atoms with Gasteiger partial charge in [-0.25, -0.2) is 0 Å². The van der Waals surface area contributed by atoms with Gasteiger partial charge in [0.05, 0.1) is 12.2 Å². The van der Waals surface area contributed by atoms with Crippen molar-refractivity contribution >= 4 is 0 Å². The minimum atomic E-state index is -0.463. The predicted molar refractivity (Wildman–Crippen MR) is 64.2 cm³/mol. The van der Waals surface area contributed by atoms with Crippen LogP contribution in [0.2, 0.25) is 0 Å². The summed E-state index contributed by atoms with van der Waals surface area (Å²) in [6.07, 6.45) is 4.57. The average molecular weight is 237 g/mol. The Labute approximate surface area is 102 Å². The van der Waals surface area contributed by atoms with E-state index in [2.05, 4.69) is 21.4 Å². The lowest BCUT2D eigenvalue weighted by Crippen LogP contribution is -2.49. The molecule has 1 N–H and O–H groups in total. The highest BCUT2D eigenvalue weighted by Crippen LogP contribution is 2.29. The minimum absolute atomic E-state index is 0.174. The zero-order valence-electron chi connectivity index (χ0n) is 10.2. The fraction of sp³-hybridized carbons (Fsp3) is 0.909. The molecule has 0 aliphatic heterocycles. The first kappa shape index (κ1) is 13.8. The van der Waals surface area contributed by atoms with Gasteiger partial charge >= 0.3 is 0 Å². The molecule has 0 aromatic carbocycles. The van der Waals surface area contributed by atoms with Crippen molar-refractivity contribution in [2.24, 2.45) is 5.11 Å². The first-order valence-electron chi connectivity index (χ1n) is 5.96. The Morgan fingerprint density at radius 3 is 3.18 bits per heavy atom. The van der Waals surface area contributed by atoms with Crippen LogP contribution in [-0.4, -0.2) is 31.8 Å². The number of hydrogen-bond acceptors (Lipinski definition) is 4. The third kappa shape index (κ3) is 4.23. The zero-order chi connectivity index (χ0) is 12.6. The van der Waals surface area contributed by atoms with E-state index in [9.17, 15) is 5.26 Å². The van der Waals surface area contributed by atoms with Crippen LogP contribution in [0, 0.1) is 11.3 Å². The van der Waals surface area contributed by atoms with Gasteiger partial charge in [0.1, 0.15) is 5.54 Å². The van der Waals surface area contributed by atoms with Crippen molar-refractivity contribution < 1.29 is 4.74 Å². The molecule has 1 rings (SSSR count). The van der Waals surface area contributed by atoms with Crippen LogP contribution in [-0.2, 0) is 4.74 Å². The van der Waals surface area contributed by atoms with Crippen LogP contribution in [0.3, 0.4) is 0 Å². The number of nitrogens with one attached hydrogen (secondary N) is 1. The van der Waals surface area contributed by atoms with Crippen LogP contribution in [0.4, 0.5) is 0 Å². The number of nitrogens with zero attached hydrogens (tertiary/aromatic N) is 4. The Bertz CT molecular complexity index is 320. The van der Waals surface area contributed by atoms with Crippen LogP contribution in [0.5, 0.6) is 0 Å². The summed E-state index contributed by atoms with van der Waals surface area (Å²) in [6, 6.07) is 2.38. The first-order chi connectivity index (χ1) is 8.26. The lowest BCUT2D eigenvalue weighted by molar-refractivity contribution is 0.0450. The van der Waals surface area contributed by atoms with Gasteiger partial charge in [-0.2, -0.15) is 5.26 Å². The van der Waals surface area contributed by atoms with Crippen LogP contribution in [0.1, 0.15) is 32.1 Å². The van der Waals surface area contributed by atoms with Crippen molar-refractivity contribution in [3.05, 3.63) is 10.4 Å². The molecule has 94 valence electrons. The molecule has 0 aromatic heterocycles. The first-order valence-corrected chi connectivity index (χ1v) is 5.96. The molecular formula is C11H19N5O. The number of hydrogen-bond donors (Lipinski definition) is 1. The van der Waals surface area contributed by atoms with Crippen molar-refractivity contribution in [3.63, 3.8) is 0 Å². The van der Waals surface area contributed by atoms with Crippen molar-refractivity contribution in [2.75, 3.05) is 20.2 Å². The second-order valence-electron chi connectivity index (χ2n) is 4.38. The second kappa shape index (κ2) is 7.13. The molecule has 1 aliphatic rings. The van der Waals surface area contributed by atoms with Crippen LogP contribution >= 0.6 is 0 Å².